The van der Waals surface area contributed by atoms with Gasteiger partial charge in [0.25, 0.3) is 5.91 Å². The first-order valence-electron chi connectivity index (χ1n) is 7.43. The lowest BCUT2D eigenvalue weighted by molar-refractivity contribution is 0.0955. The van der Waals surface area contributed by atoms with Gasteiger partial charge in [0.2, 0.25) is 0 Å². The largest absolute Gasteiger partial charge is 0.490 e. The number of hydrogen-bond acceptors (Lipinski definition) is 4. The Morgan fingerprint density at radius 1 is 1.23 bits per heavy atom. The molecule has 0 atom stereocenters. The highest BCUT2D eigenvalue weighted by Crippen LogP contribution is 2.24. The Bertz CT molecular complexity index is 629. The highest BCUT2D eigenvalue weighted by molar-refractivity contribution is 7.08. The number of rotatable bonds is 5. The van der Waals surface area contributed by atoms with Crippen LogP contribution in [0, 0.1) is 0 Å². The number of nitrogens with zero attached hydrogens (tertiary/aromatic N) is 1. The Labute approximate surface area is 133 Å². The number of hydrogen-bond donors (Lipinski definition) is 1. The van der Waals surface area contributed by atoms with Crippen LogP contribution in [0.5, 0.6) is 5.75 Å². The van der Waals surface area contributed by atoms with Crippen molar-refractivity contribution in [1.29, 1.82) is 0 Å². The second-order valence-electron chi connectivity index (χ2n) is 5.30. The second kappa shape index (κ2) is 7.22. The Morgan fingerprint density at radius 3 is 2.68 bits per heavy atom. The maximum atomic E-state index is 12.0. The highest BCUT2D eigenvalue weighted by Gasteiger charge is 2.16. The monoisotopic (exact) mass is 314 g/mol. The second-order valence-corrected chi connectivity index (χ2v) is 6.08. The minimum Gasteiger partial charge on any atom is -0.490 e. The highest BCUT2D eigenvalue weighted by atomic mass is 32.1. The fourth-order valence-corrected chi connectivity index (χ4v) is 3.07. The van der Waals surface area contributed by atoms with Crippen LogP contribution in [0.15, 0.2) is 46.2 Å². The molecule has 114 valence electrons. The van der Waals surface area contributed by atoms with Crippen LogP contribution in [0.2, 0.25) is 0 Å². The van der Waals surface area contributed by atoms with E-state index in [2.05, 4.69) is 10.5 Å². The van der Waals surface area contributed by atoms with Gasteiger partial charge in [-0.05, 0) is 66.8 Å². The summed E-state index contributed by atoms with van der Waals surface area (Å²) in [6.45, 7) is 0. The van der Waals surface area contributed by atoms with E-state index < -0.39 is 0 Å². The fraction of sp³-hybridized carbons (Fsp3) is 0.294. The number of hydrazone groups is 1. The summed E-state index contributed by atoms with van der Waals surface area (Å²) in [5.41, 5.74) is 4.07. The summed E-state index contributed by atoms with van der Waals surface area (Å²) in [5, 5.41) is 7.87. The van der Waals surface area contributed by atoms with Crippen molar-refractivity contribution in [3.8, 4) is 5.75 Å². The van der Waals surface area contributed by atoms with Gasteiger partial charge in [0.15, 0.2) is 0 Å². The topological polar surface area (TPSA) is 50.7 Å². The zero-order valence-corrected chi connectivity index (χ0v) is 13.0. The van der Waals surface area contributed by atoms with E-state index in [0.29, 0.717) is 11.7 Å². The van der Waals surface area contributed by atoms with Crippen molar-refractivity contribution in [2.45, 2.75) is 31.8 Å². The van der Waals surface area contributed by atoms with Crippen LogP contribution in [0.25, 0.3) is 0 Å². The number of ether oxygens (including phenoxy) is 1. The Hall–Kier alpha value is -2.14. The van der Waals surface area contributed by atoms with Gasteiger partial charge < -0.3 is 4.74 Å². The third kappa shape index (κ3) is 3.95. The zero-order chi connectivity index (χ0) is 15.2. The van der Waals surface area contributed by atoms with Crippen molar-refractivity contribution in [3.63, 3.8) is 0 Å². The van der Waals surface area contributed by atoms with E-state index in [0.717, 1.165) is 24.2 Å². The van der Waals surface area contributed by atoms with E-state index in [9.17, 15) is 4.79 Å². The molecule has 0 aliphatic heterocycles. The number of amides is 1. The standard InChI is InChI=1S/C17H18N2O2S/c20-17(19-18-11-13-9-10-22-12-13)14-5-7-16(8-6-14)21-15-3-1-2-4-15/h5-12,15H,1-4H2,(H,19,20)/b18-11-. The summed E-state index contributed by atoms with van der Waals surface area (Å²) in [6.07, 6.45) is 6.70. The molecule has 22 heavy (non-hydrogen) atoms. The number of carbonyl (C=O) groups excluding carboxylic acids is 1. The summed E-state index contributed by atoms with van der Waals surface area (Å²) in [7, 11) is 0. The molecule has 2 aromatic rings. The molecule has 1 heterocycles. The Morgan fingerprint density at radius 2 is 2.00 bits per heavy atom. The van der Waals surface area contributed by atoms with E-state index in [1.807, 2.05) is 29.0 Å². The van der Waals surface area contributed by atoms with Gasteiger partial charge in [0.1, 0.15) is 5.75 Å². The summed E-state index contributed by atoms with van der Waals surface area (Å²) >= 11 is 1.59. The number of carbonyl (C=O) groups is 1. The summed E-state index contributed by atoms with van der Waals surface area (Å²) in [4.78, 5) is 12.0. The molecule has 4 nitrogen and oxygen atoms in total. The molecule has 0 spiro atoms. The minimum atomic E-state index is -0.223. The van der Waals surface area contributed by atoms with E-state index in [4.69, 9.17) is 4.74 Å². The van der Waals surface area contributed by atoms with Crippen LogP contribution in [-0.4, -0.2) is 18.2 Å². The van der Waals surface area contributed by atoms with E-state index in [1.165, 1.54) is 12.8 Å². The van der Waals surface area contributed by atoms with Crippen LogP contribution >= 0.6 is 11.3 Å². The SMILES string of the molecule is O=C(N/N=C\c1ccsc1)c1ccc(OC2CCCC2)cc1. The molecule has 1 saturated carbocycles. The first-order chi connectivity index (χ1) is 10.8. The van der Waals surface area contributed by atoms with Crippen molar-refractivity contribution < 1.29 is 9.53 Å². The van der Waals surface area contributed by atoms with Crippen molar-refractivity contribution in [3.05, 3.63) is 52.2 Å². The van der Waals surface area contributed by atoms with E-state index in [1.54, 1.807) is 29.7 Å². The Kier molecular flexibility index (Phi) is 4.85. The molecule has 1 aromatic carbocycles. The summed E-state index contributed by atoms with van der Waals surface area (Å²) < 4.78 is 5.88. The van der Waals surface area contributed by atoms with Crippen molar-refractivity contribution in [2.24, 2.45) is 5.10 Å². The van der Waals surface area contributed by atoms with E-state index >= 15 is 0 Å². The molecule has 1 aliphatic carbocycles. The first-order valence-corrected chi connectivity index (χ1v) is 8.38. The molecule has 1 fully saturated rings. The van der Waals surface area contributed by atoms with Gasteiger partial charge in [-0.3, -0.25) is 4.79 Å². The third-order valence-corrected chi connectivity index (χ3v) is 4.35. The lowest BCUT2D eigenvalue weighted by atomic mass is 10.2. The summed E-state index contributed by atoms with van der Waals surface area (Å²) in [5.74, 6) is 0.601. The fourth-order valence-electron chi connectivity index (χ4n) is 2.46. The Balaban J connectivity index is 1.54. The smallest absolute Gasteiger partial charge is 0.271 e. The normalized spacial score (nSPS) is 15.3. The van der Waals surface area contributed by atoms with Gasteiger partial charge in [0.05, 0.1) is 12.3 Å². The molecule has 1 N–H and O–H groups in total. The molecule has 0 saturated heterocycles. The van der Waals surface area contributed by atoms with Crippen LogP contribution in [0.3, 0.4) is 0 Å². The molecular weight excluding hydrogens is 296 g/mol. The quantitative estimate of drug-likeness (QED) is 0.673. The maximum absolute atomic E-state index is 12.0. The molecule has 0 radical (unpaired) electrons. The maximum Gasteiger partial charge on any atom is 0.271 e. The van der Waals surface area contributed by atoms with Crippen LogP contribution in [-0.2, 0) is 0 Å². The van der Waals surface area contributed by atoms with Crippen molar-refractivity contribution in [1.82, 2.24) is 5.43 Å². The van der Waals surface area contributed by atoms with Gasteiger partial charge in [-0.25, -0.2) is 5.43 Å². The van der Waals surface area contributed by atoms with Gasteiger partial charge in [-0.2, -0.15) is 16.4 Å². The van der Waals surface area contributed by atoms with Crippen molar-refractivity contribution >= 4 is 23.5 Å². The van der Waals surface area contributed by atoms with Crippen LogP contribution < -0.4 is 10.2 Å². The van der Waals surface area contributed by atoms with Crippen LogP contribution in [0.4, 0.5) is 0 Å². The lowest BCUT2D eigenvalue weighted by Crippen LogP contribution is -2.17. The average Bonchev–Trinajstić information content (AvgIpc) is 3.21. The molecule has 1 amide bonds. The minimum absolute atomic E-state index is 0.223. The molecule has 1 aromatic heterocycles. The molecule has 0 unspecified atom stereocenters. The van der Waals surface area contributed by atoms with Crippen LogP contribution in [0.1, 0.15) is 41.6 Å². The third-order valence-electron chi connectivity index (χ3n) is 3.64. The summed E-state index contributed by atoms with van der Waals surface area (Å²) in [6, 6.07) is 9.15. The number of nitrogens with one attached hydrogen (secondary N) is 1. The lowest BCUT2D eigenvalue weighted by Gasteiger charge is -2.12. The van der Waals surface area contributed by atoms with Gasteiger partial charge in [-0.1, -0.05) is 0 Å². The molecule has 3 rings (SSSR count). The number of benzene rings is 1. The van der Waals surface area contributed by atoms with Gasteiger partial charge in [-0.15, -0.1) is 0 Å². The zero-order valence-electron chi connectivity index (χ0n) is 12.2. The van der Waals surface area contributed by atoms with E-state index in [-0.39, 0.29) is 5.91 Å². The molecular formula is C17H18N2O2S. The molecule has 5 heteroatoms. The molecule has 1 aliphatic rings. The van der Waals surface area contributed by atoms with Gasteiger partial charge >= 0.3 is 0 Å². The van der Waals surface area contributed by atoms with Gasteiger partial charge in [0, 0.05) is 11.1 Å². The van der Waals surface area contributed by atoms with Crippen molar-refractivity contribution in [2.75, 3.05) is 0 Å². The average molecular weight is 314 g/mol. The predicted molar refractivity (Wildman–Crippen MR) is 88.7 cm³/mol. The first kappa shape index (κ1) is 14.8. The molecule has 0 bridgehead atoms. The number of thiophene rings is 1. The predicted octanol–water partition coefficient (Wildman–Crippen LogP) is 3.83.